The SMILES string of the molecule is C[C@H](NC(=O)CN1Cc2c(ccnc2OC(F)(F)F)NC1=O)c1ccc(F)cc1F.[HH].[HH]. The summed E-state index contributed by atoms with van der Waals surface area (Å²) in [7, 11) is 0. The Morgan fingerprint density at radius 1 is 1.37 bits per heavy atom. The van der Waals surface area contributed by atoms with Gasteiger partial charge in [-0.25, -0.2) is 18.6 Å². The minimum atomic E-state index is -4.99. The quantitative estimate of drug-likeness (QED) is 0.698. The number of pyridine rings is 1. The number of aromatic nitrogens is 1. The maximum absolute atomic E-state index is 13.8. The average Bonchev–Trinajstić information content (AvgIpc) is 2.61. The lowest BCUT2D eigenvalue weighted by atomic mass is 10.1. The number of fused-ring (bicyclic) bond motifs is 1. The number of rotatable bonds is 5. The fourth-order valence-electron chi connectivity index (χ4n) is 2.92. The summed E-state index contributed by atoms with van der Waals surface area (Å²) in [5.74, 6) is -3.07. The van der Waals surface area contributed by atoms with Crippen LogP contribution in [0.1, 0.15) is 26.9 Å². The Kier molecular flexibility index (Phi) is 5.76. The molecule has 0 spiro atoms. The van der Waals surface area contributed by atoms with Gasteiger partial charge in [-0.2, -0.15) is 0 Å². The second kappa shape index (κ2) is 8.13. The van der Waals surface area contributed by atoms with Crippen LogP contribution in [0.3, 0.4) is 0 Å². The zero-order valence-electron chi connectivity index (χ0n) is 15.4. The van der Waals surface area contributed by atoms with E-state index in [4.69, 9.17) is 0 Å². The van der Waals surface area contributed by atoms with Gasteiger partial charge < -0.3 is 20.3 Å². The maximum Gasteiger partial charge on any atom is 0.574 e. The van der Waals surface area contributed by atoms with Gasteiger partial charge in [-0.05, 0) is 19.1 Å². The molecule has 1 atom stereocenters. The van der Waals surface area contributed by atoms with Crippen LogP contribution < -0.4 is 15.4 Å². The molecule has 1 aliphatic rings. The summed E-state index contributed by atoms with van der Waals surface area (Å²) in [5, 5.41) is 4.81. The molecule has 3 amide bonds. The summed E-state index contributed by atoms with van der Waals surface area (Å²) in [6.07, 6.45) is -3.94. The zero-order chi connectivity index (χ0) is 22.1. The third-order valence-corrected chi connectivity index (χ3v) is 4.25. The van der Waals surface area contributed by atoms with E-state index < -0.39 is 48.4 Å². The zero-order valence-corrected chi connectivity index (χ0v) is 15.4. The molecule has 0 bridgehead atoms. The lowest BCUT2D eigenvalue weighted by Gasteiger charge is -2.30. The molecule has 30 heavy (non-hydrogen) atoms. The highest BCUT2D eigenvalue weighted by atomic mass is 19.4. The van der Waals surface area contributed by atoms with Crippen LogP contribution in [0.4, 0.5) is 32.4 Å². The molecule has 2 aromatic rings. The molecule has 1 aliphatic heterocycles. The van der Waals surface area contributed by atoms with Gasteiger partial charge in [-0.1, -0.05) is 6.07 Å². The first-order chi connectivity index (χ1) is 14.0. The first-order valence-electron chi connectivity index (χ1n) is 8.57. The number of anilines is 1. The molecule has 0 radical (unpaired) electrons. The lowest BCUT2D eigenvalue weighted by molar-refractivity contribution is -0.276. The van der Waals surface area contributed by atoms with Crippen molar-refractivity contribution in [2.24, 2.45) is 0 Å². The van der Waals surface area contributed by atoms with Crippen LogP contribution in [0.2, 0.25) is 0 Å². The Balaban J connectivity index is 0.00000256. The van der Waals surface area contributed by atoms with Crippen molar-refractivity contribution in [3.8, 4) is 5.88 Å². The summed E-state index contributed by atoms with van der Waals surface area (Å²) in [5.41, 5.74) is 0.0516. The summed E-state index contributed by atoms with van der Waals surface area (Å²) >= 11 is 0. The number of halogens is 5. The van der Waals surface area contributed by atoms with Crippen LogP contribution in [0.15, 0.2) is 30.5 Å². The first-order valence-corrected chi connectivity index (χ1v) is 8.57. The lowest BCUT2D eigenvalue weighted by Crippen LogP contribution is -2.45. The number of alkyl halides is 3. The molecular weight excluding hydrogens is 415 g/mol. The van der Waals surface area contributed by atoms with Crippen molar-refractivity contribution in [2.75, 3.05) is 11.9 Å². The number of carbonyl (C=O) groups excluding carboxylic acids is 2. The van der Waals surface area contributed by atoms with Crippen LogP contribution in [-0.2, 0) is 11.3 Å². The van der Waals surface area contributed by atoms with Crippen molar-refractivity contribution in [1.82, 2.24) is 15.2 Å². The number of ether oxygens (including phenoxy) is 1. The van der Waals surface area contributed by atoms with Crippen LogP contribution in [0.5, 0.6) is 5.88 Å². The van der Waals surface area contributed by atoms with Crippen LogP contribution in [0, 0.1) is 11.6 Å². The highest BCUT2D eigenvalue weighted by molar-refractivity contribution is 5.95. The fraction of sp³-hybridized carbons (Fsp3) is 0.278. The highest BCUT2D eigenvalue weighted by Crippen LogP contribution is 2.32. The van der Waals surface area contributed by atoms with Crippen LogP contribution in [-0.4, -0.2) is 34.7 Å². The molecule has 7 nitrogen and oxygen atoms in total. The van der Waals surface area contributed by atoms with E-state index in [0.717, 1.165) is 17.2 Å². The summed E-state index contributed by atoms with van der Waals surface area (Å²) in [6.45, 7) is 0.560. The molecule has 2 N–H and O–H groups in total. The van der Waals surface area contributed by atoms with E-state index in [0.29, 0.717) is 6.07 Å². The normalized spacial score (nSPS) is 14.6. The topological polar surface area (TPSA) is 83.6 Å². The van der Waals surface area contributed by atoms with Gasteiger partial charge in [0.25, 0.3) is 0 Å². The number of hydrogen-bond donors (Lipinski definition) is 2. The molecule has 164 valence electrons. The number of urea groups is 1. The van der Waals surface area contributed by atoms with Crippen molar-refractivity contribution < 1.29 is 39.1 Å². The molecule has 0 aliphatic carbocycles. The van der Waals surface area contributed by atoms with E-state index in [9.17, 15) is 31.5 Å². The van der Waals surface area contributed by atoms with Crippen molar-refractivity contribution in [3.05, 3.63) is 53.2 Å². The molecule has 0 fully saturated rings. The number of carbonyl (C=O) groups is 2. The standard InChI is InChI=1S/C18H15F5N4O3.2H2/c1-9(11-3-2-10(19)6-13(11)20)25-15(28)8-27-7-12-14(26-17(27)29)4-5-24-16(12)30-18(21,22)23;;/h2-6,9H,7-8H2,1H3,(H,25,28)(H,26,29);2*1H/t9-;;/m0../s1. The van der Waals surface area contributed by atoms with Crippen LogP contribution in [0.25, 0.3) is 0 Å². The summed E-state index contributed by atoms with van der Waals surface area (Å²) < 4.78 is 68.5. The van der Waals surface area contributed by atoms with Gasteiger partial charge in [0.05, 0.1) is 23.8 Å². The third kappa shape index (κ3) is 4.93. The van der Waals surface area contributed by atoms with Gasteiger partial charge in [-0.15, -0.1) is 13.2 Å². The monoisotopic (exact) mass is 434 g/mol. The third-order valence-electron chi connectivity index (χ3n) is 4.25. The number of nitrogens with one attached hydrogen (secondary N) is 2. The molecule has 12 heteroatoms. The van der Waals surface area contributed by atoms with Gasteiger partial charge in [-0.3, -0.25) is 4.79 Å². The highest BCUT2D eigenvalue weighted by Gasteiger charge is 2.35. The van der Waals surface area contributed by atoms with Crippen molar-refractivity contribution in [2.45, 2.75) is 25.9 Å². The number of nitrogens with zero attached hydrogens (tertiary/aromatic N) is 2. The smallest absolute Gasteiger partial charge is 0.387 e. The van der Waals surface area contributed by atoms with Gasteiger partial charge in [0.15, 0.2) is 0 Å². The molecule has 3 rings (SSSR count). The van der Waals surface area contributed by atoms with E-state index in [1.54, 1.807) is 0 Å². The van der Waals surface area contributed by atoms with Crippen LogP contribution >= 0.6 is 0 Å². The van der Waals surface area contributed by atoms with Gasteiger partial charge >= 0.3 is 12.4 Å². The predicted molar refractivity (Wildman–Crippen MR) is 97.5 cm³/mol. The van der Waals surface area contributed by atoms with Gasteiger partial charge in [0, 0.05) is 20.7 Å². The van der Waals surface area contributed by atoms with E-state index in [-0.39, 0.29) is 26.2 Å². The molecule has 1 aromatic heterocycles. The molecule has 0 unspecified atom stereocenters. The number of benzene rings is 1. The number of hydrogen-bond acceptors (Lipinski definition) is 4. The fourth-order valence-corrected chi connectivity index (χ4v) is 2.92. The van der Waals surface area contributed by atoms with E-state index in [2.05, 4.69) is 20.4 Å². The van der Waals surface area contributed by atoms with Crippen molar-refractivity contribution in [1.29, 1.82) is 0 Å². The Bertz CT molecular complexity index is 994. The minimum Gasteiger partial charge on any atom is -0.387 e. The maximum atomic E-state index is 13.8. The van der Waals surface area contributed by atoms with E-state index in [1.807, 2.05) is 0 Å². The van der Waals surface area contributed by atoms with Crippen molar-refractivity contribution >= 4 is 17.6 Å². The first kappa shape index (κ1) is 21.3. The Morgan fingerprint density at radius 2 is 2.10 bits per heavy atom. The second-order valence-electron chi connectivity index (χ2n) is 6.43. The van der Waals surface area contributed by atoms with Gasteiger partial charge in [0.1, 0.15) is 18.2 Å². The van der Waals surface area contributed by atoms with Crippen molar-refractivity contribution in [3.63, 3.8) is 0 Å². The molecule has 2 heterocycles. The summed E-state index contributed by atoms with van der Waals surface area (Å²) in [6, 6.07) is 2.61. The second-order valence-corrected chi connectivity index (χ2v) is 6.43. The van der Waals surface area contributed by atoms with Gasteiger partial charge in [0.2, 0.25) is 11.8 Å². The Morgan fingerprint density at radius 3 is 2.77 bits per heavy atom. The number of amides is 3. The molecular formula is C18H19F5N4O3. The largest absolute Gasteiger partial charge is 0.574 e. The average molecular weight is 434 g/mol. The minimum absolute atomic E-state index is 0. The van der Waals surface area contributed by atoms with E-state index in [1.165, 1.54) is 19.1 Å². The predicted octanol–water partition coefficient (Wildman–Crippen LogP) is 3.98. The summed E-state index contributed by atoms with van der Waals surface area (Å²) in [4.78, 5) is 28.9. The molecule has 1 aromatic carbocycles. The van der Waals surface area contributed by atoms with E-state index >= 15 is 0 Å². The Labute approximate surface area is 169 Å². The molecule has 0 saturated heterocycles. The molecule has 0 saturated carbocycles. The Hall–Kier alpha value is -3.44.